The smallest absolute Gasteiger partial charge is 0.226 e. The molecule has 3 N–H and O–H groups in total. The highest BCUT2D eigenvalue weighted by molar-refractivity contribution is 8.06. The van der Waals surface area contributed by atoms with Crippen LogP contribution in [0.3, 0.4) is 0 Å². The monoisotopic (exact) mass is 244 g/mol. The van der Waals surface area contributed by atoms with Gasteiger partial charge in [-0.15, -0.1) is 0 Å². The number of hydrogen-bond donors (Lipinski definition) is 2. The lowest BCUT2D eigenvalue weighted by Crippen LogP contribution is -2.41. The summed E-state index contributed by atoms with van der Waals surface area (Å²) >= 11 is 0. The third-order valence-electron chi connectivity index (χ3n) is 1.49. The van der Waals surface area contributed by atoms with E-state index in [2.05, 4.69) is 4.72 Å². The van der Waals surface area contributed by atoms with Crippen LogP contribution in [0.5, 0.6) is 0 Å². The van der Waals surface area contributed by atoms with Crippen LogP contribution in [-0.4, -0.2) is 40.8 Å². The molecule has 0 aliphatic heterocycles. The van der Waals surface area contributed by atoms with Gasteiger partial charge in [-0.1, -0.05) is 6.92 Å². The fourth-order valence-electron chi connectivity index (χ4n) is 0.868. The van der Waals surface area contributed by atoms with Crippen molar-refractivity contribution in [3.63, 3.8) is 0 Å². The van der Waals surface area contributed by atoms with E-state index in [0.29, 0.717) is 6.42 Å². The molecular formula is C6H16N2O4S2. The van der Waals surface area contributed by atoms with E-state index in [-0.39, 0.29) is 6.54 Å². The van der Waals surface area contributed by atoms with E-state index in [1.807, 2.05) is 0 Å². The molecule has 1 unspecified atom stereocenters. The summed E-state index contributed by atoms with van der Waals surface area (Å²) in [5, 5.41) is -0.892. The van der Waals surface area contributed by atoms with Gasteiger partial charge in [0.25, 0.3) is 0 Å². The number of hydrogen-bond acceptors (Lipinski definition) is 5. The Morgan fingerprint density at radius 1 is 1.29 bits per heavy atom. The summed E-state index contributed by atoms with van der Waals surface area (Å²) in [4.78, 5) is 0. The summed E-state index contributed by atoms with van der Waals surface area (Å²) in [6.45, 7) is 1.92. The van der Waals surface area contributed by atoms with Crippen LogP contribution in [0.15, 0.2) is 0 Å². The van der Waals surface area contributed by atoms with Gasteiger partial charge in [0.1, 0.15) is 0 Å². The second-order valence-corrected chi connectivity index (χ2v) is 7.38. The molecule has 0 aliphatic carbocycles. The largest absolute Gasteiger partial charge is 0.329 e. The van der Waals surface area contributed by atoms with Crippen LogP contribution in [-0.2, 0) is 19.9 Å². The van der Waals surface area contributed by atoms with E-state index in [1.165, 1.54) is 0 Å². The number of sulfone groups is 1. The molecule has 14 heavy (non-hydrogen) atoms. The molecule has 6 nitrogen and oxygen atoms in total. The first kappa shape index (κ1) is 13.8. The summed E-state index contributed by atoms with van der Waals surface area (Å²) < 4.78 is 46.2. The normalized spacial score (nSPS) is 15.4. The van der Waals surface area contributed by atoms with Gasteiger partial charge in [0.2, 0.25) is 10.0 Å². The third-order valence-corrected chi connectivity index (χ3v) is 5.14. The molecule has 0 spiro atoms. The van der Waals surface area contributed by atoms with Crippen LogP contribution < -0.4 is 10.5 Å². The SMILES string of the molecule is CCC(CN)NS(=O)(=O)CS(C)(=O)=O. The van der Waals surface area contributed by atoms with Crippen LogP contribution >= 0.6 is 0 Å². The van der Waals surface area contributed by atoms with E-state index < -0.39 is 31.0 Å². The lowest BCUT2D eigenvalue weighted by Gasteiger charge is -2.13. The van der Waals surface area contributed by atoms with Crippen molar-refractivity contribution in [2.24, 2.45) is 5.73 Å². The van der Waals surface area contributed by atoms with Crippen LogP contribution in [0.4, 0.5) is 0 Å². The molecule has 0 aromatic heterocycles. The summed E-state index contributed by atoms with van der Waals surface area (Å²) in [5.74, 6) is 0. The van der Waals surface area contributed by atoms with Gasteiger partial charge in [-0.2, -0.15) is 0 Å². The fraction of sp³-hybridized carbons (Fsp3) is 1.00. The van der Waals surface area contributed by atoms with Crippen LogP contribution in [0.25, 0.3) is 0 Å². The molecule has 86 valence electrons. The number of nitrogens with one attached hydrogen (secondary N) is 1. The highest BCUT2D eigenvalue weighted by Gasteiger charge is 2.20. The summed E-state index contributed by atoms with van der Waals surface area (Å²) in [7, 11) is -7.32. The molecule has 0 saturated heterocycles. The maximum absolute atomic E-state index is 11.2. The van der Waals surface area contributed by atoms with Gasteiger partial charge in [-0.25, -0.2) is 21.6 Å². The van der Waals surface area contributed by atoms with Crippen LogP contribution in [0, 0.1) is 0 Å². The number of nitrogens with two attached hydrogens (primary N) is 1. The van der Waals surface area contributed by atoms with Crippen LogP contribution in [0.1, 0.15) is 13.3 Å². The second kappa shape index (κ2) is 5.06. The van der Waals surface area contributed by atoms with E-state index in [1.54, 1.807) is 6.92 Å². The zero-order valence-electron chi connectivity index (χ0n) is 8.23. The predicted molar refractivity (Wildman–Crippen MR) is 54.9 cm³/mol. The minimum absolute atomic E-state index is 0.152. The molecule has 0 saturated carbocycles. The van der Waals surface area contributed by atoms with Gasteiger partial charge < -0.3 is 5.73 Å². The first-order valence-corrected chi connectivity index (χ1v) is 7.79. The zero-order valence-corrected chi connectivity index (χ0v) is 9.86. The van der Waals surface area contributed by atoms with Gasteiger partial charge in [-0.3, -0.25) is 0 Å². The van der Waals surface area contributed by atoms with E-state index in [9.17, 15) is 16.8 Å². The Hall–Kier alpha value is -0.180. The predicted octanol–water partition coefficient (Wildman–Crippen LogP) is -1.35. The average molecular weight is 244 g/mol. The number of rotatable bonds is 6. The molecule has 0 fully saturated rings. The molecule has 0 aliphatic rings. The van der Waals surface area contributed by atoms with Crippen molar-refractivity contribution in [3.05, 3.63) is 0 Å². The summed E-state index contributed by atoms with van der Waals surface area (Å²) in [6, 6.07) is -0.401. The maximum atomic E-state index is 11.2. The molecule has 0 amide bonds. The molecular weight excluding hydrogens is 228 g/mol. The van der Waals surface area contributed by atoms with E-state index in [4.69, 9.17) is 5.73 Å². The van der Waals surface area contributed by atoms with Crippen molar-refractivity contribution < 1.29 is 16.8 Å². The molecule has 0 bridgehead atoms. The highest BCUT2D eigenvalue weighted by Crippen LogP contribution is 1.96. The van der Waals surface area contributed by atoms with Crippen molar-refractivity contribution in [2.45, 2.75) is 19.4 Å². The lowest BCUT2D eigenvalue weighted by atomic mass is 10.2. The first-order valence-electron chi connectivity index (χ1n) is 4.08. The van der Waals surface area contributed by atoms with Gasteiger partial charge in [-0.05, 0) is 6.42 Å². The van der Waals surface area contributed by atoms with Gasteiger partial charge >= 0.3 is 0 Å². The molecule has 0 radical (unpaired) electrons. The Kier molecular flexibility index (Phi) is 4.99. The Balaban J connectivity index is 4.51. The molecule has 0 aromatic rings. The van der Waals surface area contributed by atoms with Gasteiger partial charge in [0.05, 0.1) is 0 Å². The molecule has 1 atom stereocenters. The van der Waals surface area contributed by atoms with E-state index >= 15 is 0 Å². The number of sulfonamides is 1. The second-order valence-electron chi connectivity index (χ2n) is 3.12. The maximum Gasteiger partial charge on any atom is 0.226 e. The van der Waals surface area contributed by atoms with Gasteiger partial charge in [0, 0.05) is 18.8 Å². The molecule has 0 rings (SSSR count). The lowest BCUT2D eigenvalue weighted by molar-refractivity contribution is 0.544. The fourth-order valence-corrected chi connectivity index (χ4v) is 4.17. The Bertz CT molecular complexity index is 355. The Labute approximate surface area is 84.8 Å². The van der Waals surface area contributed by atoms with Crippen molar-refractivity contribution in [2.75, 3.05) is 17.9 Å². The van der Waals surface area contributed by atoms with Crippen molar-refractivity contribution in [1.29, 1.82) is 0 Å². The standard InChI is InChI=1S/C6H16N2O4S2/c1-3-6(4-7)8-14(11,12)5-13(2,9)10/h6,8H,3-5,7H2,1-2H3. The minimum Gasteiger partial charge on any atom is -0.329 e. The molecule has 0 heterocycles. The van der Waals surface area contributed by atoms with Crippen molar-refractivity contribution >= 4 is 19.9 Å². The van der Waals surface area contributed by atoms with Crippen molar-refractivity contribution in [3.8, 4) is 0 Å². The van der Waals surface area contributed by atoms with Crippen molar-refractivity contribution in [1.82, 2.24) is 4.72 Å². The summed E-state index contributed by atoms with van der Waals surface area (Å²) in [6.07, 6.45) is 1.40. The average Bonchev–Trinajstić information content (AvgIpc) is 1.95. The Morgan fingerprint density at radius 3 is 2.07 bits per heavy atom. The Morgan fingerprint density at radius 2 is 1.79 bits per heavy atom. The van der Waals surface area contributed by atoms with Crippen LogP contribution in [0.2, 0.25) is 0 Å². The third kappa shape index (κ3) is 6.30. The summed E-state index contributed by atoms with van der Waals surface area (Å²) in [5.41, 5.74) is 5.28. The van der Waals surface area contributed by atoms with E-state index in [0.717, 1.165) is 6.26 Å². The quantitative estimate of drug-likeness (QED) is 0.600. The minimum atomic E-state index is -3.78. The topological polar surface area (TPSA) is 106 Å². The zero-order chi connectivity index (χ0) is 11.4. The molecule has 0 aromatic carbocycles. The van der Waals surface area contributed by atoms with Gasteiger partial charge in [0.15, 0.2) is 14.9 Å². The highest BCUT2D eigenvalue weighted by atomic mass is 32.3. The first-order chi connectivity index (χ1) is 6.20. The molecule has 8 heteroatoms.